The van der Waals surface area contributed by atoms with E-state index in [-0.39, 0.29) is 11.5 Å². The Morgan fingerprint density at radius 3 is 2.79 bits per heavy atom. The van der Waals surface area contributed by atoms with Crippen molar-refractivity contribution >= 4 is 51.7 Å². The molecule has 2 aliphatic heterocycles. The average Bonchev–Trinajstić information content (AvgIpc) is 3.32. The van der Waals surface area contributed by atoms with E-state index in [0.717, 1.165) is 31.5 Å². The molecule has 2 fully saturated rings. The van der Waals surface area contributed by atoms with Gasteiger partial charge in [0.05, 0.1) is 23.6 Å². The molecule has 0 spiro atoms. The second kappa shape index (κ2) is 8.25. The van der Waals surface area contributed by atoms with Crippen LogP contribution in [0.25, 0.3) is 11.7 Å². The summed E-state index contributed by atoms with van der Waals surface area (Å²) in [5.41, 5.74) is 1.83. The summed E-state index contributed by atoms with van der Waals surface area (Å²) < 4.78 is 7.09. The van der Waals surface area contributed by atoms with Gasteiger partial charge in [0.15, 0.2) is 0 Å². The van der Waals surface area contributed by atoms with E-state index < -0.39 is 0 Å². The number of rotatable bonds is 5. The number of thiocarbonyl (C=S) groups is 1. The second-order valence-corrected chi connectivity index (χ2v) is 8.74. The highest BCUT2D eigenvalue weighted by atomic mass is 32.2. The molecule has 0 aliphatic carbocycles. The van der Waals surface area contributed by atoms with Crippen molar-refractivity contribution in [3.63, 3.8) is 0 Å². The van der Waals surface area contributed by atoms with Crippen molar-refractivity contribution in [1.82, 2.24) is 14.3 Å². The molecule has 2 aliphatic rings. The summed E-state index contributed by atoms with van der Waals surface area (Å²) in [6.07, 6.45) is 5.50. The zero-order valence-electron chi connectivity index (χ0n) is 16.4. The molecule has 0 saturated carbocycles. The van der Waals surface area contributed by atoms with Crippen LogP contribution in [0.5, 0.6) is 0 Å². The van der Waals surface area contributed by atoms with Crippen molar-refractivity contribution in [2.45, 2.75) is 19.8 Å². The molecule has 0 N–H and O–H groups in total. The summed E-state index contributed by atoms with van der Waals surface area (Å²) in [6, 6.07) is 3.77. The Kier molecular flexibility index (Phi) is 5.71. The van der Waals surface area contributed by atoms with Gasteiger partial charge >= 0.3 is 0 Å². The van der Waals surface area contributed by atoms with Crippen LogP contribution in [0, 0.1) is 6.92 Å². The normalized spacial score (nSPS) is 18.6. The molecular formula is C20H22N4O3S2. The quantitative estimate of drug-likeness (QED) is 0.533. The lowest BCUT2D eigenvalue weighted by Crippen LogP contribution is -2.31. The van der Waals surface area contributed by atoms with Gasteiger partial charge in [-0.25, -0.2) is 4.98 Å². The van der Waals surface area contributed by atoms with Crippen LogP contribution in [0.2, 0.25) is 0 Å². The SMILES string of the molecule is COCCN1C(=O)C(=Cc2c(N3CCCC3)nc3c(C)cccn3c2=O)SC1=S. The molecule has 2 aromatic heterocycles. The average molecular weight is 431 g/mol. The van der Waals surface area contributed by atoms with Crippen LogP contribution in [0.3, 0.4) is 0 Å². The summed E-state index contributed by atoms with van der Waals surface area (Å²) in [7, 11) is 1.58. The first-order chi connectivity index (χ1) is 14.0. The lowest BCUT2D eigenvalue weighted by molar-refractivity contribution is -0.122. The number of carbonyl (C=O) groups excluding carboxylic acids is 1. The number of carbonyl (C=O) groups is 1. The number of aryl methyl sites for hydroxylation is 1. The molecule has 0 aromatic carbocycles. The van der Waals surface area contributed by atoms with Gasteiger partial charge in [-0.1, -0.05) is 30.0 Å². The molecule has 1 amide bonds. The predicted octanol–water partition coefficient (Wildman–Crippen LogP) is 2.45. The summed E-state index contributed by atoms with van der Waals surface area (Å²) in [5.74, 6) is 0.446. The van der Waals surface area contributed by atoms with Gasteiger partial charge in [0.2, 0.25) is 0 Å². The van der Waals surface area contributed by atoms with Crippen LogP contribution in [0.15, 0.2) is 28.0 Å². The Labute approximate surface area is 178 Å². The van der Waals surface area contributed by atoms with Gasteiger partial charge in [-0.05, 0) is 37.5 Å². The number of amides is 1. The number of pyridine rings is 1. The first-order valence-electron chi connectivity index (χ1n) is 9.52. The third-order valence-electron chi connectivity index (χ3n) is 5.14. The highest BCUT2D eigenvalue weighted by Gasteiger charge is 2.32. The van der Waals surface area contributed by atoms with Gasteiger partial charge in [-0.3, -0.25) is 18.9 Å². The van der Waals surface area contributed by atoms with Crippen LogP contribution in [-0.2, 0) is 9.53 Å². The van der Waals surface area contributed by atoms with Crippen molar-refractivity contribution in [3.8, 4) is 0 Å². The first-order valence-corrected chi connectivity index (χ1v) is 10.7. The molecule has 152 valence electrons. The lowest BCUT2D eigenvalue weighted by atomic mass is 10.2. The molecule has 0 unspecified atom stereocenters. The maximum Gasteiger partial charge on any atom is 0.267 e. The van der Waals surface area contributed by atoms with Gasteiger partial charge < -0.3 is 9.64 Å². The summed E-state index contributed by atoms with van der Waals surface area (Å²) in [4.78, 5) is 35.1. The zero-order chi connectivity index (χ0) is 20.5. The number of ether oxygens (including phenoxy) is 1. The lowest BCUT2D eigenvalue weighted by Gasteiger charge is -2.20. The molecule has 9 heteroatoms. The maximum absolute atomic E-state index is 13.4. The third kappa shape index (κ3) is 3.70. The van der Waals surface area contributed by atoms with E-state index in [4.69, 9.17) is 21.9 Å². The Hall–Kier alpha value is -2.23. The fourth-order valence-electron chi connectivity index (χ4n) is 3.60. The number of thioether (sulfide) groups is 1. The maximum atomic E-state index is 13.4. The van der Waals surface area contributed by atoms with Crippen molar-refractivity contribution in [2.24, 2.45) is 0 Å². The predicted molar refractivity (Wildman–Crippen MR) is 119 cm³/mol. The van der Waals surface area contributed by atoms with Crippen LogP contribution in [-0.4, -0.2) is 57.9 Å². The molecule has 0 bridgehead atoms. The molecule has 7 nitrogen and oxygen atoms in total. The number of anilines is 1. The monoisotopic (exact) mass is 430 g/mol. The highest BCUT2D eigenvalue weighted by Crippen LogP contribution is 2.33. The fraction of sp³-hybridized carbons (Fsp3) is 0.400. The minimum absolute atomic E-state index is 0.178. The highest BCUT2D eigenvalue weighted by molar-refractivity contribution is 8.26. The standard InChI is InChI=1S/C20H22N4O3S2/c1-13-6-5-9-23-16(13)21-17(22-7-3-4-8-22)14(18(23)25)12-15-19(26)24(10-11-27-2)20(28)29-15/h5-6,9,12H,3-4,7-8,10-11H2,1-2H3. The number of hydrogen-bond acceptors (Lipinski definition) is 7. The van der Waals surface area contributed by atoms with Crippen molar-refractivity contribution in [2.75, 3.05) is 38.3 Å². The second-order valence-electron chi connectivity index (χ2n) is 7.06. The number of fused-ring (bicyclic) bond motifs is 1. The van der Waals surface area contributed by atoms with Crippen LogP contribution >= 0.6 is 24.0 Å². The van der Waals surface area contributed by atoms with Gasteiger partial charge in [0.25, 0.3) is 11.5 Å². The van der Waals surface area contributed by atoms with Gasteiger partial charge in [-0.2, -0.15) is 0 Å². The molecule has 0 atom stereocenters. The third-order valence-corrected chi connectivity index (χ3v) is 6.52. The fourth-order valence-corrected chi connectivity index (χ4v) is 4.89. The van der Waals surface area contributed by atoms with Gasteiger partial charge in [0, 0.05) is 26.4 Å². The Balaban J connectivity index is 1.84. The zero-order valence-corrected chi connectivity index (χ0v) is 18.0. The van der Waals surface area contributed by atoms with Gasteiger partial charge in [-0.15, -0.1) is 0 Å². The molecule has 2 saturated heterocycles. The molecule has 2 aromatic rings. The summed E-state index contributed by atoms with van der Waals surface area (Å²) in [5, 5.41) is 0. The molecule has 29 heavy (non-hydrogen) atoms. The Bertz CT molecular complexity index is 1070. The van der Waals surface area contributed by atoms with E-state index >= 15 is 0 Å². The molecular weight excluding hydrogens is 408 g/mol. The Morgan fingerprint density at radius 2 is 2.07 bits per heavy atom. The minimum Gasteiger partial charge on any atom is -0.383 e. The van der Waals surface area contributed by atoms with Crippen molar-refractivity contribution < 1.29 is 9.53 Å². The number of aromatic nitrogens is 2. The smallest absolute Gasteiger partial charge is 0.267 e. The number of methoxy groups -OCH3 is 1. The van der Waals surface area contributed by atoms with E-state index in [1.165, 1.54) is 16.7 Å². The van der Waals surface area contributed by atoms with Crippen LogP contribution < -0.4 is 10.5 Å². The van der Waals surface area contributed by atoms with Crippen LogP contribution in [0.1, 0.15) is 24.0 Å². The van der Waals surface area contributed by atoms with E-state index in [1.807, 2.05) is 19.1 Å². The van der Waals surface area contributed by atoms with Crippen LogP contribution in [0.4, 0.5) is 5.82 Å². The van der Waals surface area contributed by atoms with Gasteiger partial charge in [0.1, 0.15) is 15.8 Å². The van der Waals surface area contributed by atoms with E-state index in [2.05, 4.69) is 4.90 Å². The van der Waals surface area contributed by atoms with Crippen molar-refractivity contribution in [1.29, 1.82) is 0 Å². The molecule has 4 heterocycles. The topological polar surface area (TPSA) is 67.2 Å². The van der Waals surface area contributed by atoms with E-state index in [1.54, 1.807) is 23.8 Å². The number of nitrogens with zero attached hydrogens (tertiary/aromatic N) is 4. The Morgan fingerprint density at radius 1 is 1.31 bits per heavy atom. The molecule has 4 rings (SSSR count). The van der Waals surface area contributed by atoms with Crippen molar-refractivity contribution in [3.05, 3.63) is 44.7 Å². The number of hydrogen-bond donors (Lipinski definition) is 0. The van der Waals surface area contributed by atoms with E-state index in [9.17, 15) is 9.59 Å². The summed E-state index contributed by atoms with van der Waals surface area (Å²) >= 11 is 6.57. The molecule has 0 radical (unpaired) electrons. The largest absolute Gasteiger partial charge is 0.383 e. The minimum atomic E-state index is -0.196. The van der Waals surface area contributed by atoms with E-state index in [0.29, 0.717) is 39.4 Å². The summed E-state index contributed by atoms with van der Waals surface area (Å²) in [6.45, 7) is 4.44. The first kappa shape index (κ1) is 20.1.